The van der Waals surface area contributed by atoms with Crippen LogP contribution < -0.4 is 0 Å². The maximum atomic E-state index is 3.40. The summed E-state index contributed by atoms with van der Waals surface area (Å²) in [5.74, 6) is 0. The summed E-state index contributed by atoms with van der Waals surface area (Å²) < 4.78 is 0.515. The monoisotopic (exact) mass is 943 g/mol. The van der Waals surface area contributed by atoms with Gasteiger partial charge in [0, 0.05) is 0 Å². The van der Waals surface area contributed by atoms with Crippen LogP contribution >= 0.6 is 236 Å². The zero-order chi connectivity index (χ0) is 24.1. The lowest BCUT2D eigenvalue weighted by atomic mass is 11.8. The van der Waals surface area contributed by atoms with Crippen molar-refractivity contribution in [1.82, 2.24) is 0 Å². The summed E-state index contributed by atoms with van der Waals surface area (Å²) in [6.07, 6.45) is 0. The van der Waals surface area contributed by atoms with E-state index in [1.165, 1.54) is 0 Å². The molecule has 19 unspecified atom stereocenters. The van der Waals surface area contributed by atoms with Gasteiger partial charge in [0.2, 0.25) is 0 Å². The van der Waals surface area contributed by atoms with Gasteiger partial charge in [-0.15, -0.1) is 143 Å². The Morgan fingerprint density at radius 3 is 0.700 bits per heavy atom. The first-order chi connectivity index (χ1) is 13.6. The lowest BCUT2D eigenvalue weighted by Gasteiger charge is -2.62. The maximum Gasteiger partial charge on any atom is 0.0853 e. The highest BCUT2D eigenvalue weighted by Crippen LogP contribution is 3.30. The van der Waals surface area contributed by atoms with E-state index in [1.807, 2.05) is 0 Å². The molecule has 0 aromatic rings. The largest absolute Gasteiger partial charge is 0.109 e. The molecule has 29 heteroatoms. The zero-order valence-electron chi connectivity index (χ0n) is 15.6. The summed E-state index contributed by atoms with van der Waals surface area (Å²) in [6, 6.07) is 0. The second kappa shape index (κ2) is 22.1. The van der Waals surface area contributed by atoms with Gasteiger partial charge in [0.05, 0.1) is 4.38 Å². The van der Waals surface area contributed by atoms with E-state index in [-0.39, 0.29) is 85.1 Å². The first kappa shape index (κ1) is 42.5. The van der Waals surface area contributed by atoms with E-state index in [2.05, 4.69) is 143 Å². The molecule has 0 aliphatic heterocycles. The average molecular weight is 944 g/mol. The summed E-state index contributed by atoms with van der Waals surface area (Å²) in [6.45, 7) is -1.11. The summed E-state index contributed by atoms with van der Waals surface area (Å²) >= 11 is 0. The summed E-state index contributed by atoms with van der Waals surface area (Å²) in [4.78, 5) is 0. The van der Waals surface area contributed by atoms with E-state index in [0.29, 0.717) is 4.38 Å². The Balaban J connectivity index is 7.74. The van der Waals surface area contributed by atoms with Gasteiger partial charge < -0.3 is 0 Å². The van der Waals surface area contributed by atoms with Crippen molar-refractivity contribution in [3.63, 3.8) is 0 Å². The Kier molecular flexibility index (Phi) is 31.2. The van der Waals surface area contributed by atoms with Crippen molar-refractivity contribution in [3.8, 4) is 0 Å². The van der Waals surface area contributed by atoms with Gasteiger partial charge in [-0.05, 0) is 85.1 Å². The molecule has 182 valence electrons. The topological polar surface area (TPSA) is 0 Å². The number of hydrogen-bond donors (Lipinski definition) is 0. The van der Waals surface area contributed by atoms with Crippen LogP contribution in [0.5, 0.6) is 0 Å². The van der Waals surface area contributed by atoms with Crippen molar-refractivity contribution in [2.24, 2.45) is 0 Å². The molecule has 0 nitrogen and oxygen atoms in total. The fourth-order valence-corrected chi connectivity index (χ4v) is 261. The highest BCUT2D eigenvalue weighted by molar-refractivity contribution is 9.14. The summed E-state index contributed by atoms with van der Waals surface area (Å²) in [5.41, 5.74) is 0. The van der Waals surface area contributed by atoms with Crippen molar-refractivity contribution >= 4 is 236 Å². The SMILES string of the molecule is PPP(P)P(P(P)P)C(P(P(P)P)P(P)P)(P(P(P)P)P(P)P)P(P(P)P)P(P)P. The summed E-state index contributed by atoms with van der Waals surface area (Å²) in [5, 5.41) is 0. The molecule has 19 atom stereocenters. The van der Waals surface area contributed by atoms with Crippen LogP contribution in [-0.2, 0) is 0 Å². The molecule has 0 aromatic carbocycles. The Morgan fingerprint density at radius 2 is 0.567 bits per heavy atom. The van der Waals surface area contributed by atoms with Crippen molar-refractivity contribution in [3.05, 3.63) is 0 Å². The fourth-order valence-electron chi connectivity index (χ4n) is 2.23. The molecular formula is CH33P29. The van der Waals surface area contributed by atoms with E-state index in [9.17, 15) is 0 Å². The third-order valence-electron chi connectivity index (χ3n) is 2.94. The molecule has 30 heavy (non-hydrogen) atoms. The second-order valence-corrected chi connectivity index (χ2v) is 107. The maximum absolute atomic E-state index is 3.40. The molecule has 0 aromatic heterocycles. The lowest BCUT2D eigenvalue weighted by molar-refractivity contribution is 1.87. The molecule has 0 rings (SSSR count). The average Bonchev–Trinajstić information content (AvgIpc) is 2.51. The number of rotatable bonds is 13. The van der Waals surface area contributed by atoms with Crippen molar-refractivity contribution in [2.45, 2.75) is 4.38 Å². The van der Waals surface area contributed by atoms with Gasteiger partial charge >= 0.3 is 0 Å². The molecular weight excluding hydrogens is 910 g/mol. The minimum Gasteiger partial charge on any atom is -0.109 e. The first-order valence-corrected chi connectivity index (χ1v) is 56.6. The molecule has 0 spiro atoms. The molecule has 0 fully saturated rings. The van der Waals surface area contributed by atoms with Gasteiger partial charge in [0.25, 0.3) is 0 Å². The second-order valence-electron chi connectivity index (χ2n) is 4.89. The van der Waals surface area contributed by atoms with E-state index in [4.69, 9.17) is 0 Å². The van der Waals surface area contributed by atoms with Crippen molar-refractivity contribution in [2.75, 3.05) is 0 Å². The molecule has 0 saturated carbocycles. The van der Waals surface area contributed by atoms with Crippen LogP contribution in [0.4, 0.5) is 0 Å². The fraction of sp³-hybridized carbons (Fsp3) is 1.00. The predicted molar refractivity (Wildman–Crippen MR) is 249 cm³/mol. The Bertz CT molecular complexity index is 383. The first-order valence-electron chi connectivity index (χ1n) is 6.88. The standard InChI is InChI=1S/CH33P29/c2-18-30(17)22(29(15)16)1(19(23(3)4)24(5)6,20(25(7)8)26(9)10)21(27(11)12)28(13)14/h18H,2-17H2. The minimum atomic E-state index is -0.152. The van der Waals surface area contributed by atoms with Crippen molar-refractivity contribution in [1.29, 1.82) is 0 Å². The third kappa shape index (κ3) is 12.7. The molecule has 0 amide bonds. The van der Waals surface area contributed by atoms with Gasteiger partial charge in [-0.2, -0.15) is 0 Å². The molecule has 0 N–H and O–H groups in total. The third-order valence-corrected chi connectivity index (χ3v) is 131. The van der Waals surface area contributed by atoms with Crippen LogP contribution in [-0.4, -0.2) is 4.38 Å². The van der Waals surface area contributed by atoms with E-state index >= 15 is 0 Å². The van der Waals surface area contributed by atoms with E-state index in [1.54, 1.807) is 0 Å². The summed E-state index contributed by atoms with van der Waals surface area (Å²) in [7, 11) is 53.5. The highest BCUT2D eigenvalue weighted by atomic mass is 33.1. The van der Waals surface area contributed by atoms with Gasteiger partial charge in [-0.1, -0.05) is 7.96 Å². The quantitative estimate of drug-likeness (QED) is 0.161. The Labute approximate surface area is 237 Å². The van der Waals surface area contributed by atoms with Crippen LogP contribution in [0.25, 0.3) is 0 Å². The van der Waals surface area contributed by atoms with E-state index < -0.39 is 0 Å². The van der Waals surface area contributed by atoms with Crippen LogP contribution in [0.15, 0.2) is 0 Å². The Hall–Kier alpha value is 12.5. The lowest BCUT2D eigenvalue weighted by Crippen LogP contribution is -2.11. The zero-order valence-corrected chi connectivity index (χ0v) is 45.8. The molecule has 0 saturated heterocycles. The normalized spacial score (nSPS) is 16.6. The molecule has 0 bridgehead atoms. The predicted octanol–water partition coefficient (Wildman–Crippen LogP) is 15.9. The van der Waals surface area contributed by atoms with Crippen LogP contribution in [0.3, 0.4) is 0 Å². The van der Waals surface area contributed by atoms with Crippen LogP contribution in [0.2, 0.25) is 0 Å². The van der Waals surface area contributed by atoms with Crippen LogP contribution in [0, 0.1) is 0 Å². The molecule has 0 aliphatic carbocycles. The van der Waals surface area contributed by atoms with Gasteiger partial charge in [0.15, 0.2) is 0 Å². The number of hydrogen-bond acceptors (Lipinski definition) is 0. The van der Waals surface area contributed by atoms with Gasteiger partial charge in [-0.25, -0.2) is 0 Å². The van der Waals surface area contributed by atoms with Gasteiger partial charge in [-0.3, -0.25) is 0 Å². The van der Waals surface area contributed by atoms with Crippen molar-refractivity contribution < 1.29 is 0 Å². The van der Waals surface area contributed by atoms with E-state index in [0.717, 1.165) is 7.96 Å². The molecule has 0 heterocycles. The van der Waals surface area contributed by atoms with Crippen LogP contribution in [0.1, 0.15) is 0 Å². The highest BCUT2D eigenvalue weighted by Gasteiger charge is 2.63. The smallest absolute Gasteiger partial charge is 0.0853 e. The Morgan fingerprint density at radius 1 is 0.367 bits per heavy atom. The molecule has 0 aliphatic rings. The van der Waals surface area contributed by atoms with Gasteiger partial charge in [0.1, 0.15) is 0 Å². The molecule has 0 radical (unpaired) electrons. The minimum absolute atomic E-state index is 0.0561.